The van der Waals surface area contributed by atoms with Crippen LogP contribution in [0.2, 0.25) is 5.02 Å². The Kier molecular flexibility index (Phi) is 5.10. The van der Waals surface area contributed by atoms with Gasteiger partial charge in [-0.15, -0.1) is 0 Å². The van der Waals surface area contributed by atoms with Crippen molar-refractivity contribution in [3.63, 3.8) is 0 Å². The molecule has 0 saturated carbocycles. The van der Waals surface area contributed by atoms with Gasteiger partial charge in [0, 0.05) is 17.1 Å². The number of phenols is 1. The zero-order chi connectivity index (χ0) is 15.4. The summed E-state index contributed by atoms with van der Waals surface area (Å²) in [5.74, 6) is 0.638. The third kappa shape index (κ3) is 3.90. The molecule has 0 aliphatic heterocycles. The lowest BCUT2D eigenvalue weighted by Gasteiger charge is -2.21. The van der Waals surface area contributed by atoms with E-state index in [4.69, 9.17) is 16.3 Å². The van der Waals surface area contributed by atoms with Gasteiger partial charge in [0.1, 0.15) is 0 Å². The first-order valence-electron chi connectivity index (χ1n) is 6.89. The van der Waals surface area contributed by atoms with Crippen molar-refractivity contribution in [1.82, 2.24) is 5.32 Å². The Morgan fingerprint density at radius 3 is 2.19 bits per heavy atom. The predicted molar refractivity (Wildman–Crippen MR) is 86.1 cm³/mol. The number of halogens is 1. The molecule has 2 N–H and O–H groups in total. The molecule has 0 aromatic heterocycles. The van der Waals surface area contributed by atoms with E-state index in [9.17, 15) is 5.11 Å². The van der Waals surface area contributed by atoms with Crippen LogP contribution < -0.4 is 10.1 Å². The highest BCUT2D eigenvalue weighted by Gasteiger charge is 2.13. The molecule has 0 radical (unpaired) electrons. The van der Waals surface area contributed by atoms with Gasteiger partial charge in [0.2, 0.25) is 0 Å². The molecule has 0 spiro atoms. The molecule has 21 heavy (non-hydrogen) atoms. The minimum absolute atomic E-state index is 0.130. The molecule has 2 rings (SSSR count). The SMILES string of the molecule is COc1cc(C(C)N[C@H](C)c2ccc(Cl)cc2)ccc1O. The number of methoxy groups -OCH3 is 1. The van der Waals surface area contributed by atoms with Crippen molar-refractivity contribution in [1.29, 1.82) is 0 Å². The van der Waals surface area contributed by atoms with Crippen LogP contribution in [0.4, 0.5) is 0 Å². The van der Waals surface area contributed by atoms with Crippen LogP contribution in [0.1, 0.15) is 37.1 Å². The van der Waals surface area contributed by atoms with Crippen LogP contribution in [0.5, 0.6) is 11.5 Å². The number of ether oxygens (including phenoxy) is 1. The molecule has 0 saturated heterocycles. The van der Waals surface area contributed by atoms with Crippen LogP contribution in [0, 0.1) is 0 Å². The molecule has 0 fully saturated rings. The number of benzene rings is 2. The van der Waals surface area contributed by atoms with E-state index in [2.05, 4.69) is 19.2 Å². The Bertz CT molecular complexity index is 598. The average molecular weight is 306 g/mol. The predicted octanol–water partition coefficient (Wildman–Crippen LogP) is 4.47. The van der Waals surface area contributed by atoms with Crippen molar-refractivity contribution in [2.24, 2.45) is 0 Å². The lowest BCUT2D eigenvalue weighted by atomic mass is 10.0. The number of aromatic hydroxyl groups is 1. The normalized spacial score (nSPS) is 13.7. The number of hydrogen-bond donors (Lipinski definition) is 2. The fourth-order valence-corrected chi connectivity index (χ4v) is 2.41. The van der Waals surface area contributed by atoms with Gasteiger partial charge >= 0.3 is 0 Å². The van der Waals surface area contributed by atoms with E-state index < -0.39 is 0 Å². The molecule has 3 nitrogen and oxygen atoms in total. The molecule has 0 aliphatic rings. The zero-order valence-electron chi connectivity index (χ0n) is 12.4. The monoisotopic (exact) mass is 305 g/mol. The molecule has 0 bridgehead atoms. The molecule has 1 unspecified atom stereocenters. The Balaban J connectivity index is 2.10. The smallest absolute Gasteiger partial charge is 0.160 e. The van der Waals surface area contributed by atoms with Crippen LogP contribution >= 0.6 is 11.6 Å². The highest BCUT2D eigenvalue weighted by Crippen LogP contribution is 2.29. The summed E-state index contributed by atoms with van der Waals surface area (Å²) in [4.78, 5) is 0. The topological polar surface area (TPSA) is 41.5 Å². The molecular weight excluding hydrogens is 286 g/mol. The first-order valence-corrected chi connectivity index (χ1v) is 7.27. The summed E-state index contributed by atoms with van der Waals surface area (Å²) >= 11 is 5.91. The van der Waals surface area contributed by atoms with E-state index >= 15 is 0 Å². The van der Waals surface area contributed by atoms with Crippen LogP contribution in [-0.2, 0) is 0 Å². The van der Waals surface area contributed by atoms with E-state index in [1.165, 1.54) is 5.56 Å². The maximum atomic E-state index is 9.64. The number of nitrogens with one attached hydrogen (secondary N) is 1. The van der Waals surface area contributed by atoms with Gasteiger partial charge in [-0.25, -0.2) is 0 Å². The summed E-state index contributed by atoms with van der Waals surface area (Å²) in [6, 6.07) is 13.5. The molecule has 0 aliphatic carbocycles. The van der Waals surface area contributed by atoms with Crippen LogP contribution in [0.15, 0.2) is 42.5 Å². The third-order valence-corrected chi connectivity index (χ3v) is 3.83. The van der Waals surface area contributed by atoms with Crippen molar-refractivity contribution >= 4 is 11.6 Å². The lowest BCUT2D eigenvalue weighted by molar-refractivity contribution is 0.371. The first kappa shape index (κ1) is 15.7. The maximum absolute atomic E-state index is 9.64. The van der Waals surface area contributed by atoms with E-state index in [1.807, 2.05) is 36.4 Å². The first-order chi connectivity index (χ1) is 10.0. The Morgan fingerprint density at radius 2 is 1.57 bits per heavy atom. The lowest BCUT2D eigenvalue weighted by Crippen LogP contribution is -2.22. The molecule has 2 aromatic carbocycles. The molecular formula is C17H20ClNO2. The van der Waals surface area contributed by atoms with Gasteiger partial charge in [-0.05, 0) is 49.2 Å². The maximum Gasteiger partial charge on any atom is 0.160 e. The molecule has 4 heteroatoms. The second kappa shape index (κ2) is 6.83. The Hall–Kier alpha value is -1.71. The van der Waals surface area contributed by atoms with Gasteiger partial charge in [-0.1, -0.05) is 29.8 Å². The quantitative estimate of drug-likeness (QED) is 0.856. The molecule has 0 amide bonds. The average Bonchev–Trinajstić information content (AvgIpc) is 2.48. The van der Waals surface area contributed by atoms with Gasteiger partial charge in [0.25, 0.3) is 0 Å². The van der Waals surface area contributed by atoms with E-state index in [0.717, 1.165) is 10.6 Å². The summed E-state index contributed by atoms with van der Waals surface area (Å²) in [5, 5.41) is 13.9. The number of hydrogen-bond acceptors (Lipinski definition) is 3. The number of phenolic OH excluding ortho intramolecular Hbond substituents is 1. The van der Waals surface area contributed by atoms with Crippen molar-refractivity contribution < 1.29 is 9.84 Å². The van der Waals surface area contributed by atoms with Gasteiger partial charge in [-0.2, -0.15) is 0 Å². The highest BCUT2D eigenvalue weighted by molar-refractivity contribution is 6.30. The summed E-state index contributed by atoms with van der Waals surface area (Å²) in [6.07, 6.45) is 0. The van der Waals surface area contributed by atoms with E-state index in [1.54, 1.807) is 13.2 Å². The summed E-state index contributed by atoms with van der Waals surface area (Å²) in [7, 11) is 1.55. The molecule has 2 atom stereocenters. The molecule has 2 aromatic rings. The van der Waals surface area contributed by atoms with Crippen LogP contribution in [-0.4, -0.2) is 12.2 Å². The van der Waals surface area contributed by atoms with Crippen molar-refractivity contribution in [3.8, 4) is 11.5 Å². The van der Waals surface area contributed by atoms with Crippen molar-refractivity contribution in [2.75, 3.05) is 7.11 Å². The molecule has 0 heterocycles. The van der Waals surface area contributed by atoms with Gasteiger partial charge < -0.3 is 15.2 Å². The van der Waals surface area contributed by atoms with Crippen LogP contribution in [0.25, 0.3) is 0 Å². The highest BCUT2D eigenvalue weighted by atomic mass is 35.5. The standard InChI is InChI=1S/C17H20ClNO2/c1-11(13-4-7-15(18)8-5-13)19-12(2)14-6-9-16(20)17(10-14)21-3/h4-12,19-20H,1-3H3/t11-,12?/m1/s1. The van der Waals surface area contributed by atoms with Gasteiger partial charge in [0.05, 0.1) is 7.11 Å². The Labute approximate surface area is 130 Å². The van der Waals surface area contributed by atoms with Crippen molar-refractivity contribution in [3.05, 3.63) is 58.6 Å². The second-order valence-electron chi connectivity index (χ2n) is 5.09. The summed E-state index contributed by atoms with van der Waals surface area (Å²) in [6.45, 7) is 4.19. The Morgan fingerprint density at radius 1 is 1.00 bits per heavy atom. The summed E-state index contributed by atoms with van der Waals surface area (Å²) in [5.41, 5.74) is 2.24. The minimum Gasteiger partial charge on any atom is -0.504 e. The summed E-state index contributed by atoms with van der Waals surface area (Å²) < 4.78 is 5.15. The van der Waals surface area contributed by atoms with Gasteiger partial charge in [-0.3, -0.25) is 0 Å². The third-order valence-electron chi connectivity index (χ3n) is 3.57. The van der Waals surface area contributed by atoms with E-state index in [-0.39, 0.29) is 17.8 Å². The van der Waals surface area contributed by atoms with Gasteiger partial charge in [0.15, 0.2) is 11.5 Å². The fraction of sp³-hybridized carbons (Fsp3) is 0.294. The largest absolute Gasteiger partial charge is 0.504 e. The van der Waals surface area contributed by atoms with E-state index in [0.29, 0.717) is 5.75 Å². The second-order valence-corrected chi connectivity index (χ2v) is 5.53. The number of rotatable bonds is 5. The van der Waals surface area contributed by atoms with Crippen LogP contribution in [0.3, 0.4) is 0 Å². The molecule has 112 valence electrons. The van der Waals surface area contributed by atoms with Crippen molar-refractivity contribution in [2.45, 2.75) is 25.9 Å². The zero-order valence-corrected chi connectivity index (χ0v) is 13.2. The fourth-order valence-electron chi connectivity index (χ4n) is 2.28. The minimum atomic E-state index is 0.130.